The number of aliphatic hydroxyl groups is 1. The lowest BCUT2D eigenvalue weighted by molar-refractivity contribution is -0.0474. The van der Waals surface area contributed by atoms with Crippen LogP contribution < -0.4 is 5.32 Å². The number of halogens is 6. The molecule has 0 fully saturated rings. The molecule has 2 atom stereocenters. The van der Waals surface area contributed by atoms with Gasteiger partial charge in [-0.15, -0.1) is 0 Å². The van der Waals surface area contributed by atoms with Gasteiger partial charge in [0.15, 0.2) is 5.82 Å². The SMILES string of the molecule is C.C[C@@H]1Cc2nn3c(c2CN1C(=O)Nc1ccnc(C(F)F)c1F)C(F)(F)CC[C@](O)(CF)C3. The molecular weight excluding hydrogens is 468 g/mol. The van der Waals surface area contributed by atoms with E-state index in [1.165, 1.54) is 0 Å². The fraction of sp³-hybridized carbons (Fsp3) is 0.571. The topological polar surface area (TPSA) is 83.3 Å². The van der Waals surface area contributed by atoms with Gasteiger partial charge in [0.1, 0.15) is 23.7 Å². The zero-order valence-electron chi connectivity index (χ0n) is 17.5. The lowest BCUT2D eigenvalue weighted by Gasteiger charge is -2.33. The minimum Gasteiger partial charge on any atom is -0.385 e. The quantitative estimate of drug-likeness (QED) is 0.615. The van der Waals surface area contributed by atoms with Gasteiger partial charge >= 0.3 is 6.03 Å². The number of rotatable bonds is 3. The number of hydrogen-bond donors (Lipinski definition) is 2. The van der Waals surface area contributed by atoms with E-state index in [1.54, 1.807) is 6.92 Å². The minimum absolute atomic E-state index is 0. The van der Waals surface area contributed by atoms with Gasteiger partial charge in [-0.05, 0) is 19.4 Å². The Morgan fingerprint density at radius 2 is 2.06 bits per heavy atom. The molecule has 188 valence electrons. The maximum Gasteiger partial charge on any atom is 0.322 e. The zero-order valence-corrected chi connectivity index (χ0v) is 17.5. The summed E-state index contributed by atoms with van der Waals surface area (Å²) in [6.07, 6.45) is -3.46. The van der Waals surface area contributed by atoms with Crippen molar-refractivity contribution >= 4 is 11.7 Å². The molecule has 0 saturated heterocycles. The van der Waals surface area contributed by atoms with Crippen molar-refractivity contribution in [3.63, 3.8) is 0 Å². The summed E-state index contributed by atoms with van der Waals surface area (Å²) in [5.41, 5.74) is -3.76. The standard InChI is InChI=1S/C20H21F6N5O2.CH4/c1-10-6-13-11(16-20(25,26)4-3-19(33,8-21)9-31(16)29-13)7-30(10)18(32)28-12-2-5-27-15(14(12)22)17(23)24;/h2,5,10,17,33H,3-4,6-9H2,1H3,(H,27,28,32);1H4/t10-,19+;/m1./s1. The second-order valence-electron chi connectivity index (χ2n) is 8.46. The predicted octanol–water partition coefficient (Wildman–Crippen LogP) is 4.56. The molecule has 2 aliphatic heterocycles. The lowest BCUT2D eigenvalue weighted by atomic mass is 9.94. The number of aromatic nitrogens is 3. The van der Waals surface area contributed by atoms with E-state index in [9.17, 15) is 36.2 Å². The number of nitrogens with one attached hydrogen (secondary N) is 1. The number of pyridine rings is 1. The van der Waals surface area contributed by atoms with Gasteiger partial charge < -0.3 is 15.3 Å². The van der Waals surface area contributed by atoms with Crippen LogP contribution in [0.1, 0.15) is 56.3 Å². The van der Waals surface area contributed by atoms with Crippen LogP contribution in [0.2, 0.25) is 0 Å². The summed E-state index contributed by atoms with van der Waals surface area (Å²) in [5.74, 6) is -4.81. The van der Waals surface area contributed by atoms with Crippen LogP contribution in [0.5, 0.6) is 0 Å². The van der Waals surface area contributed by atoms with E-state index in [0.717, 1.165) is 21.8 Å². The Balaban J connectivity index is 0.00000324. The molecule has 0 bridgehead atoms. The first kappa shape index (κ1) is 25.8. The maximum absolute atomic E-state index is 15.0. The first-order chi connectivity index (χ1) is 15.5. The van der Waals surface area contributed by atoms with Crippen LogP contribution in [0.3, 0.4) is 0 Å². The number of carbonyl (C=O) groups is 1. The molecule has 2 N–H and O–H groups in total. The molecule has 2 aromatic heterocycles. The monoisotopic (exact) mass is 493 g/mol. The molecule has 34 heavy (non-hydrogen) atoms. The number of carbonyl (C=O) groups excluding carboxylic acids is 1. The Hall–Kier alpha value is -2.83. The van der Waals surface area contributed by atoms with Crippen molar-refractivity contribution in [3.05, 3.63) is 40.7 Å². The average molecular weight is 493 g/mol. The van der Waals surface area contributed by atoms with Crippen LogP contribution >= 0.6 is 0 Å². The van der Waals surface area contributed by atoms with Crippen LogP contribution in [0.15, 0.2) is 12.3 Å². The fourth-order valence-corrected chi connectivity index (χ4v) is 4.26. The second kappa shape index (κ2) is 9.08. The highest BCUT2D eigenvalue weighted by Crippen LogP contribution is 2.43. The molecule has 0 radical (unpaired) electrons. The molecular formula is C21H25F6N5O2. The molecule has 13 heteroatoms. The number of nitrogens with zero attached hydrogens (tertiary/aromatic N) is 4. The van der Waals surface area contributed by atoms with Crippen molar-refractivity contribution in [1.82, 2.24) is 19.7 Å². The van der Waals surface area contributed by atoms with Gasteiger partial charge in [0.05, 0.1) is 24.5 Å². The lowest BCUT2D eigenvalue weighted by Crippen LogP contribution is -2.45. The van der Waals surface area contributed by atoms with E-state index < -0.39 is 79.0 Å². The summed E-state index contributed by atoms with van der Waals surface area (Å²) in [7, 11) is 0. The fourth-order valence-electron chi connectivity index (χ4n) is 4.26. The molecule has 4 heterocycles. The molecule has 7 nitrogen and oxygen atoms in total. The van der Waals surface area contributed by atoms with Crippen molar-refractivity contribution in [3.8, 4) is 0 Å². The van der Waals surface area contributed by atoms with E-state index in [4.69, 9.17) is 0 Å². The van der Waals surface area contributed by atoms with E-state index in [-0.39, 0.29) is 26.0 Å². The Bertz CT molecular complexity index is 1080. The Morgan fingerprint density at radius 1 is 1.35 bits per heavy atom. The first-order valence-corrected chi connectivity index (χ1v) is 10.2. The zero-order chi connectivity index (χ0) is 24.1. The molecule has 0 aromatic carbocycles. The van der Waals surface area contributed by atoms with E-state index in [0.29, 0.717) is 5.69 Å². The summed E-state index contributed by atoms with van der Waals surface area (Å²) in [6.45, 7) is -0.358. The van der Waals surface area contributed by atoms with Gasteiger partial charge in [-0.3, -0.25) is 9.67 Å². The van der Waals surface area contributed by atoms with Crippen LogP contribution in [0.4, 0.5) is 36.8 Å². The molecule has 0 unspecified atom stereocenters. The third-order valence-corrected chi connectivity index (χ3v) is 6.05. The van der Waals surface area contributed by atoms with Gasteiger partial charge in [0, 0.05) is 30.6 Å². The number of urea groups is 1. The van der Waals surface area contributed by atoms with Crippen molar-refractivity contribution in [2.75, 3.05) is 12.0 Å². The molecule has 0 aliphatic carbocycles. The molecule has 2 amide bonds. The van der Waals surface area contributed by atoms with Gasteiger partial charge in [-0.25, -0.2) is 22.4 Å². The molecule has 2 aromatic rings. The van der Waals surface area contributed by atoms with E-state index in [2.05, 4.69) is 15.4 Å². The van der Waals surface area contributed by atoms with Crippen LogP contribution in [0.25, 0.3) is 0 Å². The van der Waals surface area contributed by atoms with Gasteiger partial charge in [-0.1, -0.05) is 7.43 Å². The van der Waals surface area contributed by atoms with Crippen molar-refractivity contribution in [1.29, 1.82) is 0 Å². The number of alkyl halides is 5. The number of hydrogen-bond acceptors (Lipinski definition) is 4. The van der Waals surface area contributed by atoms with Crippen molar-refractivity contribution in [2.24, 2.45) is 0 Å². The largest absolute Gasteiger partial charge is 0.385 e. The third kappa shape index (κ3) is 4.44. The van der Waals surface area contributed by atoms with Gasteiger partial charge in [0.25, 0.3) is 12.3 Å². The number of amides is 2. The third-order valence-electron chi connectivity index (χ3n) is 6.05. The second-order valence-corrected chi connectivity index (χ2v) is 8.46. The van der Waals surface area contributed by atoms with Gasteiger partial charge in [0.2, 0.25) is 0 Å². The highest BCUT2D eigenvalue weighted by Gasteiger charge is 2.48. The van der Waals surface area contributed by atoms with E-state index in [1.807, 2.05) is 0 Å². The van der Waals surface area contributed by atoms with Crippen molar-refractivity contribution in [2.45, 2.75) is 70.7 Å². The first-order valence-electron chi connectivity index (χ1n) is 10.2. The van der Waals surface area contributed by atoms with Gasteiger partial charge in [-0.2, -0.15) is 13.9 Å². The average Bonchev–Trinajstić information content (AvgIpc) is 3.05. The maximum atomic E-state index is 15.0. The summed E-state index contributed by atoms with van der Waals surface area (Å²) >= 11 is 0. The smallest absolute Gasteiger partial charge is 0.322 e. The van der Waals surface area contributed by atoms with Crippen LogP contribution in [-0.4, -0.2) is 49.1 Å². The summed E-state index contributed by atoms with van der Waals surface area (Å²) in [6, 6.07) is -0.419. The summed E-state index contributed by atoms with van der Waals surface area (Å²) in [4.78, 5) is 17.2. The number of anilines is 1. The highest BCUT2D eigenvalue weighted by molar-refractivity contribution is 5.90. The predicted molar refractivity (Wildman–Crippen MR) is 110 cm³/mol. The molecule has 2 aliphatic rings. The molecule has 0 saturated carbocycles. The van der Waals surface area contributed by atoms with Crippen molar-refractivity contribution < 1.29 is 36.2 Å². The highest BCUT2D eigenvalue weighted by atomic mass is 19.3. The van der Waals surface area contributed by atoms with E-state index >= 15 is 0 Å². The Labute approximate surface area is 191 Å². The summed E-state index contributed by atoms with van der Waals surface area (Å²) < 4.78 is 84.2. The molecule has 4 rings (SSSR count). The normalized spacial score (nSPS) is 23.6. The molecule has 0 spiro atoms. The minimum atomic E-state index is -3.42. The van der Waals surface area contributed by atoms with Crippen LogP contribution in [-0.2, 0) is 25.4 Å². The Morgan fingerprint density at radius 3 is 2.71 bits per heavy atom. The summed E-state index contributed by atoms with van der Waals surface area (Å²) in [5, 5.41) is 16.7. The number of fused-ring (bicyclic) bond motifs is 3. The Kier molecular flexibility index (Phi) is 6.89. The van der Waals surface area contributed by atoms with Crippen LogP contribution in [0, 0.1) is 5.82 Å².